The molecule has 1 atom stereocenters. The van der Waals surface area contributed by atoms with Gasteiger partial charge >= 0.3 is 0 Å². The second kappa shape index (κ2) is 8.43. The normalized spacial score (nSPS) is 11.9. The van der Waals surface area contributed by atoms with Crippen LogP contribution in [-0.4, -0.2) is 49.1 Å². The Morgan fingerprint density at radius 1 is 1.08 bits per heavy atom. The van der Waals surface area contributed by atoms with E-state index in [1.54, 1.807) is 29.0 Å². The average Bonchev–Trinajstić information content (AvgIpc) is 3.20. The molecule has 25 heavy (non-hydrogen) atoms. The molecule has 1 unspecified atom stereocenters. The van der Waals surface area contributed by atoms with E-state index in [1.807, 2.05) is 30.8 Å². The van der Waals surface area contributed by atoms with E-state index in [4.69, 9.17) is 0 Å². The van der Waals surface area contributed by atoms with Crippen molar-refractivity contribution in [1.82, 2.24) is 29.7 Å². The number of rotatable bonds is 8. The Bertz CT molecular complexity index is 758. The predicted molar refractivity (Wildman–Crippen MR) is 99.1 cm³/mol. The zero-order valence-corrected chi connectivity index (χ0v) is 14.9. The highest BCUT2D eigenvalue weighted by Gasteiger charge is 2.05. The molecule has 0 fully saturated rings. The second-order valence-electron chi connectivity index (χ2n) is 5.56. The molecule has 0 saturated carbocycles. The summed E-state index contributed by atoms with van der Waals surface area (Å²) in [6.45, 7) is 3.73. The fourth-order valence-electron chi connectivity index (χ4n) is 2.10. The fraction of sp³-hybridized carbons (Fsp3) is 0.312. The standard InChI is InChI=1S/C16H20N8S/c1-12(6-20-16-21-8-14(25-2)9-22-16)5-18-15-4-3-13(7-19-15)24-11-17-10-23-24/h3-4,7-12H,5-6H2,1-2H3,(H,18,19)(H,20,21,22). The third kappa shape index (κ3) is 4.90. The molecule has 0 amide bonds. The van der Waals surface area contributed by atoms with Crippen LogP contribution >= 0.6 is 11.8 Å². The monoisotopic (exact) mass is 356 g/mol. The molecule has 0 aliphatic carbocycles. The van der Waals surface area contributed by atoms with E-state index in [0.717, 1.165) is 29.5 Å². The molecule has 0 saturated heterocycles. The molecule has 3 aromatic heterocycles. The summed E-state index contributed by atoms with van der Waals surface area (Å²) >= 11 is 1.63. The number of hydrogen-bond donors (Lipinski definition) is 2. The Morgan fingerprint density at radius 3 is 2.52 bits per heavy atom. The van der Waals surface area contributed by atoms with E-state index in [0.29, 0.717) is 11.9 Å². The number of pyridine rings is 1. The van der Waals surface area contributed by atoms with Crippen LogP contribution in [0.3, 0.4) is 0 Å². The van der Waals surface area contributed by atoms with E-state index in [9.17, 15) is 0 Å². The van der Waals surface area contributed by atoms with Crippen molar-refractivity contribution in [3.8, 4) is 5.69 Å². The van der Waals surface area contributed by atoms with Crippen molar-refractivity contribution < 1.29 is 0 Å². The van der Waals surface area contributed by atoms with Crippen molar-refractivity contribution in [2.45, 2.75) is 11.8 Å². The molecule has 3 aromatic rings. The minimum absolute atomic E-state index is 0.389. The molecule has 130 valence electrons. The van der Waals surface area contributed by atoms with Crippen molar-refractivity contribution in [1.29, 1.82) is 0 Å². The van der Waals surface area contributed by atoms with Gasteiger partial charge in [0.2, 0.25) is 5.95 Å². The van der Waals surface area contributed by atoms with Crippen LogP contribution in [0.15, 0.2) is 48.3 Å². The Hall–Kier alpha value is -2.68. The maximum atomic E-state index is 4.40. The first-order valence-corrected chi connectivity index (χ1v) is 9.12. The molecule has 0 aromatic carbocycles. The lowest BCUT2D eigenvalue weighted by Crippen LogP contribution is -2.21. The first-order chi connectivity index (χ1) is 12.2. The van der Waals surface area contributed by atoms with E-state index in [1.165, 1.54) is 6.33 Å². The maximum absolute atomic E-state index is 4.40. The molecule has 2 N–H and O–H groups in total. The molecule has 8 nitrogen and oxygen atoms in total. The Kier molecular flexibility index (Phi) is 5.78. The minimum atomic E-state index is 0.389. The smallest absolute Gasteiger partial charge is 0.222 e. The lowest BCUT2D eigenvalue weighted by Gasteiger charge is -2.14. The zero-order chi connectivity index (χ0) is 17.5. The van der Waals surface area contributed by atoms with E-state index >= 15 is 0 Å². The number of aromatic nitrogens is 6. The van der Waals surface area contributed by atoms with Crippen LogP contribution in [0.5, 0.6) is 0 Å². The van der Waals surface area contributed by atoms with Crippen molar-refractivity contribution in [2.75, 3.05) is 30.0 Å². The van der Waals surface area contributed by atoms with Crippen molar-refractivity contribution in [3.05, 3.63) is 43.4 Å². The first kappa shape index (κ1) is 17.2. The highest BCUT2D eigenvalue weighted by atomic mass is 32.2. The number of anilines is 2. The molecule has 0 radical (unpaired) electrons. The fourth-order valence-corrected chi connectivity index (χ4v) is 2.41. The summed E-state index contributed by atoms with van der Waals surface area (Å²) in [5.74, 6) is 1.87. The molecule has 9 heteroatoms. The van der Waals surface area contributed by atoms with Gasteiger partial charge in [-0.15, -0.1) is 11.8 Å². The number of nitrogens with zero attached hydrogens (tertiary/aromatic N) is 6. The van der Waals surface area contributed by atoms with Gasteiger partial charge in [-0.1, -0.05) is 6.92 Å². The summed E-state index contributed by atoms with van der Waals surface area (Å²) in [5, 5.41) is 10.7. The Morgan fingerprint density at radius 2 is 1.88 bits per heavy atom. The van der Waals surface area contributed by atoms with Gasteiger partial charge in [0, 0.05) is 30.4 Å². The lowest BCUT2D eigenvalue weighted by molar-refractivity contribution is 0.644. The summed E-state index contributed by atoms with van der Waals surface area (Å²) in [7, 11) is 0. The van der Waals surface area contributed by atoms with Crippen LogP contribution in [0.25, 0.3) is 5.69 Å². The minimum Gasteiger partial charge on any atom is -0.370 e. The van der Waals surface area contributed by atoms with Crippen LogP contribution in [0.2, 0.25) is 0 Å². The van der Waals surface area contributed by atoms with Gasteiger partial charge in [-0.2, -0.15) is 5.10 Å². The maximum Gasteiger partial charge on any atom is 0.222 e. The van der Waals surface area contributed by atoms with Crippen LogP contribution in [0.4, 0.5) is 11.8 Å². The molecular weight excluding hydrogens is 336 g/mol. The van der Waals surface area contributed by atoms with Gasteiger partial charge in [0.1, 0.15) is 18.5 Å². The summed E-state index contributed by atoms with van der Waals surface area (Å²) in [4.78, 5) is 17.9. The van der Waals surface area contributed by atoms with Gasteiger partial charge in [0.15, 0.2) is 0 Å². The quantitative estimate of drug-likeness (QED) is 0.594. The Balaban J connectivity index is 1.44. The number of nitrogens with one attached hydrogen (secondary N) is 2. The molecule has 0 aliphatic heterocycles. The van der Waals surface area contributed by atoms with Crippen LogP contribution in [0, 0.1) is 5.92 Å². The molecule has 0 spiro atoms. The third-order valence-corrected chi connectivity index (χ3v) is 4.22. The molecule has 0 aliphatic rings. The van der Waals surface area contributed by atoms with Gasteiger partial charge in [-0.25, -0.2) is 24.6 Å². The molecule has 3 rings (SSSR count). The zero-order valence-electron chi connectivity index (χ0n) is 14.1. The third-order valence-electron chi connectivity index (χ3n) is 3.54. The summed E-state index contributed by atoms with van der Waals surface area (Å²) < 4.78 is 1.67. The molecule has 3 heterocycles. The van der Waals surface area contributed by atoms with E-state index < -0.39 is 0 Å². The van der Waals surface area contributed by atoms with Crippen LogP contribution in [0.1, 0.15) is 6.92 Å². The average molecular weight is 356 g/mol. The SMILES string of the molecule is CSc1cnc(NCC(C)CNc2ccc(-n3cncn3)cn2)nc1. The highest BCUT2D eigenvalue weighted by Crippen LogP contribution is 2.12. The summed E-state index contributed by atoms with van der Waals surface area (Å²) in [6.07, 6.45) is 10.6. The Labute approximate surface area is 150 Å². The van der Waals surface area contributed by atoms with Gasteiger partial charge in [-0.3, -0.25) is 0 Å². The van der Waals surface area contributed by atoms with Gasteiger partial charge in [-0.05, 0) is 24.3 Å². The second-order valence-corrected chi connectivity index (χ2v) is 6.43. The van der Waals surface area contributed by atoms with Gasteiger partial charge < -0.3 is 10.6 Å². The van der Waals surface area contributed by atoms with E-state index in [2.05, 4.69) is 42.6 Å². The molecule has 0 bridgehead atoms. The van der Waals surface area contributed by atoms with Crippen molar-refractivity contribution in [3.63, 3.8) is 0 Å². The number of thioether (sulfide) groups is 1. The van der Waals surface area contributed by atoms with Crippen LogP contribution in [-0.2, 0) is 0 Å². The highest BCUT2D eigenvalue weighted by molar-refractivity contribution is 7.98. The largest absolute Gasteiger partial charge is 0.370 e. The van der Waals surface area contributed by atoms with Crippen molar-refractivity contribution in [2.24, 2.45) is 5.92 Å². The predicted octanol–water partition coefficient (Wildman–Crippen LogP) is 2.33. The van der Waals surface area contributed by atoms with Crippen molar-refractivity contribution >= 4 is 23.5 Å². The lowest BCUT2D eigenvalue weighted by atomic mass is 10.2. The first-order valence-electron chi connectivity index (χ1n) is 7.89. The van der Waals surface area contributed by atoms with Gasteiger partial charge in [0.25, 0.3) is 0 Å². The number of hydrogen-bond acceptors (Lipinski definition) is 8. The summed E-state index contributed by atoms with van der Waals surface area (Å²) in [6, 6.07) is 3.88. The van der Waals surface area contributed by atoms with E-state index in [-0.39, 0.29) is 0 Å². The topological polar surface area (TPSA) is 93.4 Å². The molecular formula is C16H20N8S. The van der Waals surface area contributed by atoms with Crippen LogP contribution < -0.4 is 10.6 Å². The van der Waals surface area contributed by atoms with Gasteiger partial charge in [0.05, 0.1) is 11.9 Å². The summed E-state index contributed by atoms with van der Waals surface area (Å²) in [5.41, 5.74) is 0.878.